The molecule has 2 aromatic heterocycles. The van der Waals surface area contributed by atoms with Crippen LogP contribution < -0.4 is 0 Å². The molecule has 4 nitrogen and oxygen atoms in total. The number of fused-ring (bicyclic) bond motifs is 6. The van der Waals surface area contributed by atoms with E-state index in [2.05, 4.69) is 74.9 Å². The van der Waals surface area contributed by atoms with Crippen LogP contribution in [0.3, 0.4) is 0 Å². The van der Waals surface area contributed by atoms with E-state index in [0.29, 0.717) is 11.4 Å². The lowest BCUT2D eigenvalue weighted by atomic mass is 9.97. The number of hydrogen-bond donors (Lipinski definition) is 0. The first-order valence-electron chi connectivity index (χ1n) is 13.7. The fraction of sp³-hybridized carbons (Fsp3) is 0. The van der Waals surface area contributed by atoms with Crippen LogP contribution in [-0.4, -0.2) is 4.57 Å². The predicted molar refractivity (Wildman–Crippen MR) is 171 cm³/mol. The van der Waals surface area contributed by atoms with Crippen LogP contribution in [0.2, 0.25) is 0 Å². The van der Waals surface area contributed by atoms with Gasteiger partial charge in [0.15, 0.2) is 11.4 Å². The van der Waals surface area contributed by atoms with Crippen molar-refractivity contribution in [2.24, 2.45) is 0 Å². The fourth-order valence-corrected chi connectivity index (χ4v) is 6.05. The van der Waals surface area contributed by atoms with Crippen LogP contribution in [-0.2, 0) is 0 Å². The van der Waals surface area contributed by atoms with Gasteiger partial charge in [0.25, 0.3) is 0 Å². The first-order chi connectivity index (χ1) is 20.7. The number of furan rings is 1. The Morgan fingerprint density at radius 1 is 0.452 bits per heavy atom. The highest BCUT2D eigenvalue weighted by atomic mass is 16.3. The summed E-state index contributed by atoms with van der Waals surface area (Å²) in [4.78, 5) is 7.49. The smallest absolute Gasteiger partial charge is 0.189 e. The number of rotatable bonds is 3. The molecule has 4 heteroatoms. The maximum Gasteiger partial charge on any atom is 0.189 e. The van der Waals surface area contributed by atoms with Crippen molar-refractivity contribution in [1.29, 1.82) is 0 Å². The molecule has 8 rings (SSSR count). The SMILES string of the molecule is [C-]#[N+]c1cc(-c2cccc(-c3ccc4oc5ccccc5c4c3)c2)cc(-n2c3ccccc3c3cc([N+]#[C-])ccc32)c1. The van der Waals surface area contributed by atoms with Crippen molar-refractivity contribution in [2.75, 3.05) is 0 Å². The summed E-state index contributed by atoms with van der Waals surface area (Å²) >= 11 is 0. The molecule has 0 fully saturated rings. The van der Waals surface area contributed by atoms with Crippen molar-refractivity contribution in [3.63, 3.8) is 0 Å². The predicted octanol–water partition coefficient (Wildman–Crippen LogP) is 11.1. The molecule has 0 aliphatic rings. The molecule has 0 unspecified atom stereocenters. The number of aromatic nitrogens is 1. The van der Waals surface area contributed by atoms with Gasteiger partial charge >= 0.3 is 0 Å². The van der Waals surface area contributed by atoms with Gasteiger partial charge < -0.3 is 8.98 Å². The Hall–Kier alpha value is -6.10. The third-order valence-corrected chi connectivity index (χ3v) is 7.98. The van der Waals surface area contributed by atoms with Gasteiger partial charge in [-0.15, -0.1) is 0 Å². The lowest BCUT2D eigenvalue weighted by Gasteiger charge is -2.13. The maximum atomic E-state index is 7.88. The van der Waals surface area contributed by atoms with Crippen molar-refractivity contribution >= 4 is 55.1 Å². The molecule has 6 aromatic carbocycles. The molecule has 0 aliphatic heterocycles. The second kappa shape index (κ2) is 9.24. The van der Waals surface area contributed by atoms with E-state index >= 15 is 0 Å². The highest BCUT2D eigenvalue weighted by Crippen LogP contribution is 2.38. The molecule has 0 spiro atoms. The molecule has 0 N–H and O–H groups in total. The average molecular weight is 536 g/mol. The molecule has 2 heterocycles. The average Bonchev–Trinajstić information content (AvgIpc) is 3.59. The fourth-order valence-electron chi connectivity index (χ4n) is 6.05. The highest BCUT2D eigenvalue weighted by Gasteiger charge is 2.15. The van der Waals surface area contributed by atoms with Gasteiger partial charge in [0, 0.05) is 21.8 Å². The van der Waals surface area contributed by atoms with Crippen molar-refractivity contribution in [3.8, 4) is 27.9 Å². The Labute approximate surface area is 241 Å². The summed E-state index contributed by atoms with van der Waals surface area (Å²) in [5, 5.41) is 4.31. The van der Waals surface area contributed by atoms with Crippen molar-refractivity contribution < 1.29 is 4.42 Å². The third-order valence-electron chi connectivity index (χ3n) is 7.98. The molecule has 0 amide bonds. The molecule has 42 heavy (non-hydrogen) atoms. The number of nitrogens with zero attached hydrogens (tertiary/aromatic N) is 3. The van der Waals surface area contributed by atoms with Gasteiger partial charge in [-0.25, -0.2) is 9.69 Å². The van der Waals surface area contributed by atoms with E-state index in [4.69, 9.17) is 17.6 Å². The Kier molecular flexibility index (Phi) is 5.22. The summed E-state index contributed by atoms with van der Waals surface area (Å²) < 4.78 is 8.23. The van der Waals surface area contributed by atoms with Crippen molar-refractivity contribution in [2.45, 2.75) is 0 Å². The number of hydrogen-bond acceptors (Lipinski definition) is 1. The lowest BCUT2D eigenvalue weighted by molar-refractivity contribution is 0.669. The molecule has 0 atom stereocenters. The first kappa shape index (κ1) is 23.8. The molecule has 0 saturated heterocycles. The molecule has 0 bridgehead atoms. The molecular formula is C38H21N3O. The molecule has 0 aliphatic carbocycles. The summed E-state index contributed by atoms with van der Waals surface area (Å²) in [5.74, 6) is 0. The van der Waals surface area contributed by atoms with E-state index in [1.165, 1.54) is 0 Å². The second-order valence-corrected chi connectivity index (χ2v) is 10.4. The van der Waals surface area contributed by atoms with Gasteiger partial charge in [-0.05, 0) is 88.3 Å². The zero-order valence-electron chi connectivity index (χ0n) is 22.4. The summed E-state index contributed by atoms with van der Waals surface area (Å²) in [5.41, 5.74) is 10.1. The van der Waals surface area contributed by atoms with Crippen molar-refractivity contribution in [1.82, 2.24) is 4.57 Å². The van der Waals surface area contributed by atoms with Crippen LogP contribution in [0.25, 0.3) is 81.4 Å². The summed E-state index contributed by atoms with van der Waals surface area (Å²) in [6, 6.07) is 43.0. The van der Waals surface area contributed by atoms with E-state index < -0.39 is 0 Å². The standard InChI is InChI=1S/C38H21N3O/c1-39-28-15-16-36-33(23-28)31-10-3-5-12-35(31)41(36)30-20-27(19-29(22-30)40-2)25-9-7-8-24(18-25)26-14-17-38-34(21-26)32-11-4-6-13-37(32)42-38/h3-23H. The minimum absolute atomic E-state index is 0.572. The first-order valence-corrected chi connectivity index (χ1v) is 13.7. The van der Waals surface area contributed by atoms with E-state index in [1.54, 1.807) is 0 Å². The minimum Gasteiger partial charge on any atom is -0.456 e. The van der Waals surface area contributed by atoms with Gasteiger partial charge in [-0.3, -0.25) is 0 Å². The number of benzene rings is 6. The normalized spacial score (nSPS) is 11.3. The Morgan fingerprint density at radius 2 is 1.17 bits per heavy atom. The maximum absolute atomic E-state index is 7.88. The van der Waals surface area contributed by atoms with Crippen LogP contribution in [0.1, 0.15) is 0 Å². The molecule has 0 saturated carbocycles. The number of para-hydroxylation sites is 2. The van der Waals surface area contributed by atoms with Crippen LogP contribution in [0.15, 0.2) is 132 Å². The van der Waals surface area contributed by atoms with Gasteiger partial charge in [0.2, 0.25) is 0 Å². The van der Waals surface area contributed by atoms with Crippen molar-refractivity contribution in [3.05, 3.63) is 150 Å². The summed E-state index contributed by atoms with van der Waals surface area (Å²) in [7, 11) is 0. The van der Waals surface area contributed by atoms with E-state index in [-0.39, 0.29) is 0 Å². The van der Waals surface area contributed by atoms with Crippen LogP contribution in [0.5, 0.6) is 0 Å². The molecular weight excluding hydrogens is 514 g/mol. The van der Waals surface area contributed by atoms with E-state index in [1.807, 2.05) is 66.7 Å². The van der Waals surface area contributed by atoms with Crippen LogP contribution in [0.4, 0.5) is 11.4 Å². The van der Waals surface area contributed by atoms with Gasteiger partial charge in [-0.2, -0.15) is 0 Å². The summed E-state index contributed by atoms with van der Waals surface area (Å²) in [6.45, 7) is 15.4. The Morgan fingerprint density at radius 3 is 2.02 bits per heavy atom. The zero-order valence-corrected chi connectivity index (χ0v) is 22.4. The topological polar surface area (TPSA) is 26.8 Å². The van der Waals surface area contributed by atoms with Gasteiger partial charge in [0.05, 0.1) is 24.2 Å². The minimum atomic E-state index is 0.572. The van der Waals surface area contributed by atoms with Gasteiger partial charge in [-0.1, -0.05) is 66.7 Å². The third kappa shape index (κ3) is 3.68. The molecule has 8 aromatic rings. The molecule has 194 valence electrons. The Bertz CT molecular complexity index is 2450. The van der Waals surface area contributed by atoms with Crippen LogP contribution >= 0.6 is 0 Å². The largest absolute Gasteiger partial charge is 0.456 e. The van der Waals surface area contributed by atoms with E-state index in [9.17, 15) is 0 Å². The summed E-state index contributed by atoms with van der Waals surface area (Å²) in [6.07, 6.45) is 0. The van der Waals surface area contributed by atoms with Crippen LogP contribution in [0, 0.1) is 13.1 Å². The monoisotopic (exact) mass is 535 g/mol. The van der Waals surface area contributed by atoms with Gasteiger partial charge in [0.1, 0.15) is 11.2 Å². The zero-order chi connectivity index (χ0) is 28.2. The lowest BCUT2D eigenvalue weighted by Crippen LogP contribution is -1.94. The quantitative estimate of drug-likeness (QED) is 0.207. The van der Waals surface area contributed by atoms with E-state index in [0.717, 1.165) is 71.7 Å². The second-order valence-electron chi connectivity index (χ2n) is 10.4. The molecule has 0 radical (unpaired) electrons. The Balaban J connectivity index is 1.29. The highest BCUT2D eigenvalue weighted by molar-refractivity contribution is 6.10.